The van der Waals surface area contributed by atoms with E-state index in [0.717, 1.165) is 11.3 Å². The predicted octanol–water partition coefficient (Wildman–Crippen LogP) is 0.964. The van der Waals surface area contributed by atoms with Gasteiger partial charge in [-0.25, -0.2) is 0 Å². The SMILES string of the molecule is C=C(C=NC)c1cc2c(c(CCCO)n1)CNC2=O. The van der Waals surface area contributed by atoms with E-state index in [9.17, 15) is 4.79 Å². The van der Waals surface area contributed by atoms with Crippen molar-refractivity contribution < 1.29 is 9.90 Å². The lowest BCUT2D eigenvalue weighted by Crippen LogP contribution is -2.12. The summed E-state index contributed by atoms with van der Waals surface area (Å²) >= 11 is 0. The first kappa shape index (κ1) is 13.4. The molecule has 0 unspecified atom stereocenters. The largest absolute Gasteiger partial charge is 0.396 e. The number of aryl methyl sites for hydroxylation is 1. The molecule has 0 fully saturated rings. The molecule has 2 heterocycles. The van der Waals surface area contributed by atoms with E-state index in [4.69, 9.17) is 5.11 Å². The number of aliphatic hydroxyl groups excluding tert-OH is 1. The van der Waals surface area contributed by atoms with E-state index < -0.39 is 0 Å². The van der Waals surface area contributed by atoms with Crippen LogP contribution in [0.15, 0.2) is 17.6 Å². The van der Waals surface area contributed by atoms with Gasteiger partial charge in [-0.2, -0.15) is 0 Å². The molecule has 2 N–H and O–H groups in total. The van der Waals surface area contributed by atoms with Gasteiger partial charge in [0.05, 0.1) is 5.69 Å². The minimum Gasteiger partial charge on any atom is -0.396 e. The predicted molar refractivity (Wildman–Crippen MR) is 74.3 cm³/mol. The van der Waals surface area contributed by atoms with E-state index in [-0.39, 0.29) is 12.5 Å². The highest BCUT2D eigenvalue weighted by molar-refractivity contribution is 6.09. The van der Waals surface area contributed by atoms with Gasteiger partial charge in [-0.15, -0.1) is 0 Å². The van der Waals surface area contributed by atoms with Crippen LogP contribution < -0.4 is 5.32 Å². The first-order valence-corrected chi connectivity index (χ1v) is 6.20. The zero-order valence-corrected chi connectivity index (χ0v) is 10.9. The van der Waals surface area contributed by atoms with Crippen molar-refractivity contribution in [1.82, 2.24) is 10.3 Å². The van der Waals surface area contributed by atoms with Crippen LogP contribution in [0, 0.1) is 0 Å². The first-order chi connectivity index (χ1) is 9.17. The number of rotatable bonds is 5. The van der Waals surface area contributed by atoms with Gasteiger partial charge < -0.3 is 10.4 Å². The van der Waals surface area contributed by atoms with E-state index in [2.05, 4.69) is 21.9 Å². The molecular weight excluding hydrogens is 242 g/mol. The molecule has 0 saturated heterocycles. The summed E-state index contributed by atoms with van der Waals surface area (Å²) in [5, 5.41) is 11.7. The van der Waals surface area contributed by atoms with E-state index >= 15 is 0 Å². The van der Waals surface area contributed by atoms with E-state index in [0.29, 0.717) is 36.2 Å². The number of nitrogens with one attached hydrogen (secondary N) is 1. The van der Waals surface area contributed by atoms with Gasteiger partial charge in [-0.05, 0) is 18.9 Å². The number of carbonyl (C=O) groups excluding carboxylic acids is 1. The zero-order valence-electron chi connectivity index (χ0n) is 10.9. The Hall–Kier alpha value is -2.01. The molecule has 0 spiro atoms. The van der Waals surface area contributed by atoms with Gasteiger partial charge in [-0.3, -0.25) is 14.8 Å². The van der Waals surface area contributed by atoms with Crippen molar-refractivity contribution in [2.45, 2.75) is 19.4 Å². The fourth-order valence-corrected chi connectivity index (χ4v) is 2.13. The molecule has 0 radical (unpaired) electrons. The average molecular weight is 259 g/mol. The molecule has 1 aliphatic heterocycles. The second-order valence-electron chi connectivity index (χ2n) is 4.40. The number of aromatic nitrogens is 1. The van der Waals surface area contributed by atoms with Crippen LogP contribution in [0.1, 0.15) is 33.7 Å². The Balaban J connectivity index is 2.44. The molecule has 100 valence electrons. The van der Waals surface area contributed by atoms with E-state index in [1.807, 2.05) is 0 Å². The summed E-state index contributed by atoms with van der Waals surface area (Å²) in [7, 11) is 1.66. The van der Waals surface area contributed by atoms with Crippen molar-refractivity contribution in [1.29, 1.82) is 0 Å². The van der Waals surface area contributed by atoms with Crippen molar-refractivity contribution in [2.24, 2.45) is 4.99 Å². The molecule has 0 bridgehead atoms. The molecule has 0 atom stereocenters. The Bertz CT molecular complexity index is 550. The molecule has 1 aromatic heterocycles. The molecule has 5 heteroatoms. The number of pyridine rings is 1. The molecule has 1 aromatic rings. The third-order valence-corrected chi connectivity index (χ3v) is 3.07. The van der Waals surface area contributed by atoms with Crippen molar-refractivity contribution in [3.63, 3.8) is 0 Å². The van der Waals surface area contributed by atoms with Gasteiger partial charge >= 0.3 is 0 Å². The third-order valence-electron chi connectivity index (χ3n) is 3.07. The maximum Gasteiger partial charge on any atom is 0.252 e. The van der Waals surface area contributed by atoms with Gasteiger partial charge in [0.25, 0.3) is 5.91 Å². The van der Waals surface area contributed by atoms with Crippen LogP contribution in [-0.2, 0) is 13.0 Å². The van der Waals surface area contributed by atoms with Crippen molar-refractivity contribution in [3.8, 4) is 0 Å². The van der Waals surface area contributed by atoms with Crippen LogP contribution in [0.4, 0.5) is 0 Å². The molecule has 2 rings (SSSR count). The number of amides is 1. The standard InChI is InChI=1S/C14H17N3O2/c1-9(7-15-2)13-6-10-11(8-16-14(10)19)12(17-13)4-3-5-18/h6-7,18H,1,3-5,8H2,2H3,(H,16,19). The number of allylic oxidation sites excluding steroid dienone is 1. The number of nitrogens with zero attached hydrogens (tertiary/aromatic N) is 2. The van der Waals surface area contributed by atoms with E-state index in [1.54, 1.807) is 19.3 Å². The van der Waals surface area contributed by atoms with Crippen LogP contribution in [-0.4, -0.2) is 35.9 Å². The highest BCUT2D eigenvalue weighted by Crippen LogP contribution is 2.23. The second kappa shape index (κ2) is 5.75. The topological polar surface area (TPSA) is 74.6 Å². The Morgan fingerprint density at radius 2 is 2.47 bits per heavy atom. The Morgan fingerprint density at radius 3 is 3.16 bits per heavy atom. The Labute approximate surface area is 112 Å². The maximum absolute atomic E-state index is 11.8. The van der Waals surface area contributed by atoms with Gasteiger partial charge in [0.2, 0.25) is 0 Å². The van der Waals surface area contributed by atoms with Gasteiger partial charge in [0.15, 0.2) is 0 Å². The van der Waals surface area contributed by atoms with Gasteiger partial charge in [0.1, 0.15) is 0 Å². The molecule has 1 amide bonds. The third kappa shape index (κ3) is 2.71. The molecule has 19 heavy (non-hydrogen) atoms. The maximum atomic E-state index is 11.8. The molecule has 0 aromatic carbocycles. The quantitative estimate of drug-likeness (QED) is 0.773. The average Bonchev–Trinajstić information content (AvgIpc) is 2.78. The number of aliphatic hydroxyl groups is 1. The fraction of sp³-hybridized carbons (Fsp3) is 0.357. The van der Waals surface area contributed by atoms with Crippen molar-refractivity contribution in [3.05, 3.63) is 35.2 Å². The first-order valence-electron chi connectivity index (χ1n) is 6.20. The summed E-state index contributed by atoms with van der Waals surface area (Å²) in [6.07, 6.45) is 2.90. The summed E-state index contributed by atoms with van der Waals surface area (Å²) in [6, 6.07) is 1.75. The van der Waals surface area contributed by atoms with E-state index in [1.165, 1.54) is 0 Å². The highest BCUT2D eigenvalue weighted by atomic mass is 16.2. The molecule has 5 nitrogen and oxygen atoms in total. The number of hydrogen-bond acceptors (Lipinski definition) is 4. The summed E-state index contributed by atoms with van der Waals surface area (Å²) in [4.78, 5) is 20.2. The highest BCUT2D eigenvalue weighted by Gasteiger charge is 2.23. The fourth-order valence-electron chi connectivity index (χ4n) is 2.13. The summed E-state index contributed by atoms with van der Waals surface area (Å²) < 4.78 is 0. The Morgan fingerprint density at radius 1 is 1.68 bits per heavy atom. The summed E-state index contributed by atoms with van der Waals surface area (Å²) in [6.45, 7) is 4.51. The summed E-state index contributed by atoms with van der Waals surface area (Å²) in [5.41, 5.74) is 3.78. The minimum absolute atomic E-state index is 0.0786. The molecular formula is C14H17N3O2. The lowest BCUT2D eigenvalue weighted by atomic mass is 10.0. The normalized spacial score (nSPS) is 13.7. The van der Waals surface area contributed by atoms with Gasteiger partial charge in [0, 0.05) is 48.8 Å². The lowest BCUT2D eigenvalue weighted by molar-refractivity contribution is 0.0965. The Kier molecular flexibility index (Phi) is 4.06. The molecule has 1 aliphatic rings. The number of carbonyl (C=O) groups is 1. The zero-order chi connectivity index (χ0) is 13.8. The number of aliphatic imine (C=N–C) groups is 1. The van der Waals surface area contributed by atoms with Crippen LogP contribution in [0.5, 0.6) is 0 Å². The summed E-state index contributed by atoms with van der Waals surface area (Å²) in [5.74, 6) is -0.0786. The number of fused-ring (bicyclic) bond motifs is 1. The van der Waals surface area contributed by atoms with Crippen LogP contribution in [0.3, 0.4) is 0 Å². The van der Waals surface area contributed by atoms with Crippen molar-refractivity contribution >= 4 is 17.7 Å². The smallest absolute Gasteiger partial charge is 0.252 e. The number of hydrogen-bond donors (Lipinski definition) is 2. The van der Waals surface area contributed by atoms with Crippen molar-refractivity contribution in [2.75, 3.05) is 13.7 Å². The lowest BCUT2D eigenvalue weighted by Gasteiger charge is -2.09. The molecule has 0 saturated carbocycles. The minimum atomic E-state index is -0.0786. The van der Waals surface area contributed by atoms with Crippen LogP contribution in [0.25, 0.3) is 5.57 Å². The molecule has 0 aliphatic carbocycles. The van der Waals surface area contributed by atoms with Gasteiger partial charge in [-0.1, -0.05) is 6.58 Å². The van der Waals surface area contributed by atoms with Crippen LogP contribution >= 0.6 is 0 Å². The monoisotopic (exact) mass is 259 g/mol. The van der Waals surface area contributed by atoms with Crippen LogP contribution in [0.2, 0.25) is 0 Å². The second-order valence-corrected chi connectivity index (χ2v) is 4.40.